The van der Waals surface area contributed by atoms with Crippen LogP contribution < -0.4 is 5.32 Å². The maximum absolute atomic E-state index is 12.3. The first-order valence-electron chi connectivity index (χ1n) is 10.2. The van der Waals surface area contributed by atoms with Crippen LogP contribution in [0.1, 0.15) is 42.5 Å². The number of aryl methyl sites for hydroxylation is 1. The third-order valence-corrected chi connectivity index (χ3v) is 5.69. The zero-order valence-corrected chi connectivity index (χ0v) is 18.4. The third-order valence-electron chi connectivity index (χ3n) is 5.37. The lowest BCUT2D eigenvalue weighted by Crippen LogP contribution is -2.53. The van der Waals surface area contributed by atoms with E-state index in [1.807, 2.05) is 99.6 Å². The Labute approximate surface area is 183 Å². The van der Waals surface area contributed by atoms with Crippen LogP contribution in [0.15, 0.2) is 78.9 Å². The number of carboxylic acids is 1. The molecule has 0 heterocycles. The fraction of sp³-hybridized carbons (Fsp3) is 0.269. The summed E-state index contributed by atoms with van der Waals surface area (Å²) in [7, 11) is 0. The van der Waals surface area contributed by atoms with E-state index in [0.29, 0.717) is 11.4 Å². The van der Waals surface area contributed by atoms with E-state index in [1.54, 1.807) is 0 Å². The van der Waals surface area contributed by atoms with Gasteiger partial charge in [-0.15, -0.1) is 0 Å². The van der Waals surface area contributed by atoms with E-state index in [9.17, 15) is 9.90 Å². The predicted octanol–water partition coefficient (Wildman–Crippen LogP) is 6.03. The summed E-state index contributed by atoms with van der Waals surface area (Å²) in [5.74, 6) is -0.653. The highest BCUT2D eigenvalue weighted by Crippen LogP contribution is 2.41. The molecule has 1 unspecified atom stereocenters. The van der Waals surface area contributed by atoms with Crippen LogP contribution in [0.5, 0.6) is 0 Å². The van der Waals surface area contributed by atoms with Crippen LogP contribution in [0.25, 0.3) is 0 Å². The molecule has 2 N–H and O–H groups in total. The molecule has 0 aliphatic heterocycles. The Morgan fingerprint density at radius 1 is 0.933 bits per heavy atom. The summed E-state index contributed by atoms with van der Waals surface area (Å²) in [6.07, 6.45) is 0.500. The molecule has 3 aromatic carbocycles. The topological polar surface area (TPSA) is 49.3 Å². The molecule has 3 aromatic rings. The van der Waals surface area contributed by atoms with Crippen molar-refractivity contribution in [1.82, 2.24) is 5.32 Å². The first kappa shape index (κ1) is 22.1. The number of halogens is 1. The molecular formula is C26H28ClNO2. The Bertz CT molecular complexity index is 985. The number of benzene rings is 3. The number of aliphatic carboxylic acids is 1. The van der Waals surface area contributed by atoms with Crippen LogP contribution in [0.4, 0.5) is 0 Å². The number of rotatable bonds is 8. The Morgan fingerprint density at radius 3 is 2.07 bits per heavy atom. The number of hydrogen-bond acceptors (Lipinski definition) is 2. The summed E-state index contributed by atoms with van der Waals surface area (Å²) in [6.45, 7) is 6.10. The molecule has 0 fully saturated rings. The van der Waals surface area contributed by atoms with E-state index in [0.717, 1.165) is 22.3 Å². The summed E-state index contributed by atoms with van der Waals surface area (Å²) in [6, 6.07) is 25.0. The van der Waals surface area contributed by atoms with Gasteiger partial charge >= 0.3 is 5.97 Å². The lowest BCUT2D eigenvalue weighted by Gasteiger charge is -2.40. The van der Waals surface area contributed by atoms with E-state index < -0.39 is 17.6 Å². The summed E-state index contributed by atoms with van der Waals surface area (Å²) in [4.78, 5) is 12.3. The Hall–Kier alpha value is -2.62. The maximum Gasteiger partial charge on any atom is 0.320 e. The molecule has 3 nitrogen and oxygen atoms in total. The Morgan fingerprint density at radius 2 is 1.50 bits per heavy atom. The second-order valence-electron chi connectivity index (χ2n) is 8.13. The van der Waals surface area contributed by atoms with Gasteiger partial charge in [0.1, 0.15) is 6.04 Å². The van der Waals surface area contributed by atoms with Crippen LogP contribution >= 0.6 is 11.6 Å². The van der Waals surface area contributed by atoms with Gasteiger partial charge in [0.25, 0.3) is 0 Å². The Kier molecular flexibility index (Phi) is 6.96. The lowest BCUT2D eigenvalue weighted by molar-refractivity contribution is -0.140. The first-order valence-corrected chi connectivity index (χ1v) is 10.6. The van der Waals surface area contributed by atoms with Crippen molar-refractivity contribution in [3.8, 4) is 0 Å². The largest absolute Gasteiger partial charge is 0.480 e. The van der Waals surface area contributed by atoms with E-state index in [4.69, 9.17) is 11.6 Å². The molecule has 156 valence electrons. The third kappa shape index (κ3) is 4.58. The monoisotopic (exact) mass is 421 g/mol. The SMILES string of the molecule is Cc1ccc(C(N[C@@H](CC(C)C)C(=O)O)(c2ccccc2)c2ccccc2Cl)cc1. The van der Waals surface area contributed by atoms with E-state index in [2.05, 4.69) is 5.32 Å². The molecule has 0 aliphatic carbocycles. The zero-order valence-electron chi connectivity index (χ0n) is 17.6. The lowest BCUT2D eigenvalue weighted by atomic mass is 9.76. The second-order valence-corrected chi connectivity index (χ2v) is 8.53. The van der Waals surface area contributed by atoms with E-state index in [-0.39, 0.29) is 5.92 Å². The van der Waals surface area contributed by atoms with Crippen molar-refractivity contribution in [3.63, 3.8) is 0 Å². The van der Waals surface area contributed by atoms with Crippen molar-refractivity contribution < 1.29 is 9.90 Å². The average molecular weight is 422 g/mol. The van der Waals surface area contributed by atoms with Crippen LogP contribution in [0, 0.1) is 12.8 Å². The van der Waals surface area contributed by atoms with Gasteiger partial charge in [-0.3, -0.25) is 10.1 Å². The van der Waals surface area contributed by atoms with Crippen molar-refractivity contribution >= 4 is 17.6 Å². The minimum atomic E-state index is -0.911. The standard InChI is InChI=1S/C26H28ClNO2/c1-18(2)17-24(25(29)30)28-26(20-9-5-4-6-10-20,21-15-13-19(3)14-16-21)22-11-7-8-12-23(22)27/h4-16,18,24,28H,17H2,1-3H3,(H,29,30)/t24-,26?/m0/s1. The second kappa shape index (κ2) is 9.46. The van der Waals surface area contributed by atoms with Crippen molar-refractivity contribution in [1.29, 1.82) is 0 Å². The van der Waals surface area contributed by atoms with Gasteiger partial charge in [0.2, 0.25) is 0 Å². The van der Waals surface area contributed by atoms with Gasteiger partial charge < -0.3 is 5.11 Å². The molecule has 3 rings (SSSR count). The number of nitrogens with one attached hydrogen (secondary N) is 1. The van der Waals surface area contributed by atoms with Crippen LogP contribution in [-0.2, 0) is 10.3 Å². The van der Waals surface area contributed by atoms with Crippen molar-refractivity contribution in [2.24, 2.45) is 5.92 Å². The zero-order chi connectivity index (χ0) is 21.7. The number of carbonyl (C=O) groups is 1. The molecule has 0 aliphatic rings. The molecule has 0 aromatic heterocycles. The highest BCUT2D eigenvalue weighted by Gasteiger charge is 2.41. The molecule has 0 spiro atoms. The van der Waals surface area contributed by atoms with Crippen LogP contribution in [-0.4, -0.2) is 17.1 Å². The van der Waals surface area contributed by atoms with Crippen LogP contribution in [0.3, 0.4) is 0 Å². The van der Waals surface area contributed by atoms with Gasteiger partial charge in [-0.1, -0.05) is 104 Å². The van der Waals surface area contributed by atoms with Gasteiger partial charge in [0.05, 0.1) is 5.54 Å². The maximum atomic E-state index is 12.3. The average Bonchev–Trinajstić information content (AvgIpc) is 2.73. The molecular weight excluding hydrogens is 394 g/mol. The first-order chi connectivity index (χ1) is 14.3. The van der Waals surface area contributed by atoms with Crippen LogP contribution in [0.2, 0.25) is 5.02 Å². The van der Waals surface area contributed by atoms with Gasteiger partial charge in [-0.25, -0.2) is 0 Å². The number of carboxylic acid groups (broad SMARTS) is 1. The van der Waals surface area contributed by atoms with Crippen molar-refractivity contribution in [3.05, 3.63) is 106 Å². The highest BCUT2D eigenvalue weighted by molar-refractivity contribution is 6.31. The van der Waals surface area contributed by atoms with E-state index >= 15 is 0 Å². The fourth-order valence-electron chi connectivity index (χ4n) is 3.93. The molecule has 0 radical (unpaired) electrons. The molecule has 4 heteroatoms. The molecule has 0 saturated carbocycles. The Balaban J connectivity index is 2.33. The smallest absolute Gasteiger partial charge is 0.320 e. The summed E-state index contributed by atoms with van der Waals surface area (Å²) in [5, 5.41) is 14.2. The van der Waals surface area contributed by atoms with Gasteiger partial charge in [0, 0.05) is 5.02 Å². The molecule has 2 atom stereocenters. The quantitative estimate of drug-likeness (QED) is 0.436. The highest BCUT2D eigenvalue weighted by atomic mass is 35.5. The minimum absolute atomic E-state index is 0.219. The van der Waals surface area contributed by atoms with Gasteiger partial charge in [-0.2, -0.15) is 0 Å². The van der Waals surface area contributed by atoms with Gasteiger partial charge in [0.15, 0.2) is 0 Å². The summed E-state index contributed by atoms with van der Waals surface area (Å²) >= 11 is 6.72. The van der Waals surface area contributed by atoms with Gasteiger partial charge in [-0.05, 0) is 42.0 Å². The molecule has 0 saturated heterocycles. The fourth-order valence-corrected chi connectivity index (χ4v) is 4.21. The molecule has 0 amide bonds. The summed E-state index contributed by atoms with van der Waals surface area (Å²) < 4.78 is 0. The molecule has 30 heavy (non-hydrogen) atoms. The minimum Gasteiger partial charge on any atom is -0.480 e. The number of hydrogen-bond donors (Lipinski definition) is 2. The van der Waals surface area contributed by atoms with Crippen molar-refractivity contribution in [2.75, 3.05) is 0 Å². The van der Waals surface area contributed by atoms with Crippen molar-refractivity contribution in [2.45, 2.75) is 38.8 Å². The molecule has 0 bridgehead atoms. The summed E-state index contributed by atoms with van der Waals surface area (Å²) in [5.41, 5.74) is 2.94. The normalized spacial score (nSPS) is 14.3. The predicted molar refractivity (Wildman–Crippen MR) is 123 cm³/mol. The van der Waals surface area contributed by atoms with E-state index in [1.165, 1.54) is 0 Å².